The fourth-order valence-electron chi connectivity index (χ4n) is 3.78. The Balaban J connectivity index is 1.51. The van der Waals surface area contributed by atoms with Crippen LogP contribution < -0.4 is 0 Å². The number of pyridine rings is 1. The molecule has 1 saturated heterocycles. The Morgan fingerprint density at radius 3 is 2.86 bits per heavy atom. The minimum atomic E-state index is -3.32. The maximum Gasteiger partial charge on any atom is 0.282 e. The summed E-state index contributed by atoms with van der Waals surface area (Å²) in [7, 11) is -3.32. The molecule has 3 heterocycles. The van der Waals surface area contributed by atoms with Gasteiger partial charge in [-0.3, -0.25) is 4.98 Å². The minimum absolute atomic E-state index is 0.238. The molecular weight excluding hydrogens is 286 g/mol. The highest BCUT2D eigenvalue weighted by molar-refractivity contribution is 7.86. The third-order valence-electron chi connectivity index (χ3n) is 4.90. The summed E-state index contributed by atoms with van der Waals surface area (Å²) in [6.45, 7) is 1.65. The summed E-state index contributed by atoms with van der Waals surface area (Å²) in [5.74, 6) is 0.582. The number of hydrogen-bond donors (Lipinski definition) is 0. The van der Waals surface area contributed by atoms with Crippen LogP contribution in [0.25, 0.3) is 5.57 Å². The fraction of sp³-hybridized carbons (Fsp3) is 0.533. The lowest BCUT2D eigenvalue weighted by Gasteiger charge is -2.30. The SMILES string of the molecule is O=S(=O)(N1CC=C(c2cccnc2)C1)N1CC2CCC1C2. The molecule has 5 nitrogen and oxygen atoms in total. The van der Waals surface area contributed by atoms with Gasteiger partial charge >= 0.3 is 0 Å². The maximum atomic E-state index is 12.8. The lowest BCUT2D eigenvalue weighted by molar-refractivity contribution is 0.307. The predicted octanol–water partition coefficient (Wildman–Crippen LogP) is 1.51. The Labute approximate surface area is 125 Å². The third-order valence-corrected chi connectivity index (χ3v) is 6.87. The molecule has 2 atom stereocenters. The van der Waals surface area contributed by atoms with E-state index in [-0.39, 0.29) is 6.04 Å². The second-order valence-electron chi connectivity index (χ2n) is 6.17. The number of hydrogen-bond acceptors (Lipinski definition) is 3. The highest BCUT2D eigenvalue weighted by atomic mass is 32.2. The van der Waals surface area contributed by atoms with Crippen molar-refractivity contribution in [2.45, 2.75) is 25.3 Å². The van der Waals surface area contributed by atoms with E-state index >= 15 is 0 Å². The first-order chi connectivity index (χ1) is 10.1. The zero-order chi connectivity index (χ0) is 14.4. The van der Waals surface area contributed by atoms with E-state index in [1.807, 2.05) is 18.2 Å². The van der Waals surface area contributed by atoms with Crippen molar-refractivity contribution in [1.29, 1.82) is 0 Å². The van der Waals surface area contributed by atoms with Gasteiger partial charge in [0.05, 0.1) is 0 Å². The van der Waals surface area contributed by atoms with Gasteiger partial charge in [0.15, 0.2) is 0 Å². The molecular formula is C15H19N3O2S. The van der Waals surface area contributed by atoms with Gasteiger partial charge in [-0.05, 0) is 42.4 Å². The summed E-state index contributed by atoms with van der Waals surface area (Å²) in [6, 6.07) is 4.10. The van der Waals surface area contributed by atoms with Gasteiger partial charge in [0, 0.05) is 38.1 Å². The first kappa shape index (κ1) is 13.4. The Morgan fingerprint density at radius 2 is 2.19 bits per heavy atom. The van der Waals surface area contributed by atoms with Crippen LogP contribution in [0, 0.1) is 5.92 Å². The molecule has 21 heavy (non-hydrogen) atoms. The molecule has 0 spiro atoms. The standard InChI is InChI=1S/C15H19N3O2S/c19-21(20,18-10-12-3-4-15(18)8-12)17-7-5-14(11-17)13-2-1-6-16-9-13/h1-2,5-6,9,12,15H,3-4,7-8,10-11H2. The summed E-state index contributed by atoms with van der Waals surface area (Å²) in [5.41, 5.74) is 2.06. The first-order valence-corrected chi connectivity index (χ1v) is 8.90. The summed E-state index contributed by atoms with van der Waals surface area (Å²) in [6.07, 6.45) is 8.80. The van der Waals surface area contributed by atoms with Crippen molar-refractivity contribution in [3.8, 4) is 0 Å². The van der Waals surface area contributed by atoms with E-state index in [4.69, 9.17) is 0 Å². The number of fused-ring (bicyclic) bond motifs is 2. The number of nitrogens with zero attached hydrogens (tertiary/aromatic N) is 3. The van der Waals surface area contributed by atoms with Gasteiger partial charge < -0.3 is 0 Å². The van der Waals surface area contributed by atoms with Gasteiger partial charge in [-0.2, -0.15) is 17.0 Å². The summed E-state index contributed by atoms with van der Waals surface area (Å²) in [5, 5.41) is 0. The highest BCUT2D eigenvalue weighted by Gasteiger charge is 2.46. The zero-order valence-electron chi connectivity index (χ0n) is 11.9. The van der Waals surface area contributed by atoms with Crippen LogP contribution in [-0.4, -0.2) is 47.7 Å². The molecule has 4 rings (SSSR count). The molecule has 6 heteroatoms. The summed E-state index contributed by atoms with van der Waals surface area (Å²) < 4.78 is 28.9. The van der Waals surface area contributed by atoms with E-state index in [1.165, 1.54) is 6.42 Å². The van der Waals surface area contributed by atoms with Crippen LogP contribution in [0.3, 0.4) is 0 Å². The van der Waals surface area contributed by atoms with Crippen molar-refractivity contribution >= 4 is 15.8 Å². The summed E-state index contributed by atoms with van der Waals surface area (Å²) in [4.78, 5) is 4.11. The van der Waals surface area contributed by atoms with Crippen LogP contribution in [0.4, 0.5) is 0 Å². The molecule has 3 aliphatic rings. The molecule has 0 N–H and O–H groups in total. The molecule has 2 unspecified atom stereocenters. The molecule has 1 aliphatic carbocycles. The van der Waals surface area contributed by atoms with Gasteiger partial charge in [0.25, 0.3) is 10.2 Å². The molecule has 2 bridgehead atoms. The van der Waals surface area contributed by atoms with Crippen LogP contribution in [-0.2, 0) is 10.2 Å². The van der Waals surface area contributed by atoms with Crippen LogP contribution in [0.1, 0.15) is 24.8 Å². The monoisotopic (exact) mass is 305 g/mol. The predicted molar refractivity (Wildman–Crippen MR) is 80.5 cm³/mol. The highest BCUT2D eigenvalue weighted by Crippen LogP contribution is 2.40. The minimum Gasteiger partial charge on any atom is -0.264 e. The molecule has 0 aromatic carbocycles. The van der Waals surface area contributed by atoms with Crippen molar-refractivity contribution in [1.82, 2.24) is 13.6 Å². The average molecular weight is 305 g/mol. The third kappa shape index (κ3) is 2.22. The molecule has 112 valence electrons. The van der Waals surface area contributed by atoms with Crippen LogP contribution in [0.15, 0.2) is 30.6 Å². The number of piperidine rings is 1. The molecule has 1 aromatic heterocycles. The van der Waals surface area contributed by atoms with Gasteiger partial charge in [0.1, 0.15) is 0 Å². The van der Waals surface area contributed by atoms with Crippen LogP contribution >= 0.6 is 0 Å². The normalized spacial score (nSPS) is 30.0. The fourth-order valence-corrected chi connectivity index (χ4v) is 5.61. The van der Waals surface area contributed by atoms with E-state index in [2.05, 4.69) is 4.98 Å². The van der Waals surface area contributed by atoms with Crippen molar-refractivity contribution in [2.75, 3.05) is 19.6 Å². The summed E-state index contributed by atoms with van der Waals surface area (Å²) >= 11 is 0. The Bertz CT molecular complexity index is 671. The van der Waals surface area contributed by atoms with Gasteiger partial charge in [-0.15, -0.1) is 0 Å². The molecule has 1 saturated carbocycles. The molecule has 2 aliphatic heterocycles. The van der Waals surface area contributed by atoms with E-state index in [1.54, 1.807) is 21.0 Å². The van der Waals surface area contributed by atoms with Gasteiger partial charge in [-0.1, -0.05) is 12.1 Å². The zero-order valence-corrected chi connectivity index (χ0v) is 12.7. The largest absolute Gasteiger partial charge is 0.282 e. The molecule has 0 amide bonds. The smallest absolute Gasteiger partial charge is 0.264 e. The van der Waals surface area contributed by atoms with Crippen molar-refractivity contribution in [3.63, 3.8) is 0 Å². The van der Waals surface area contributed by atoms with Crippen molar-refractivity contribution in [3.05, 3.63) is 36.2 Å². The van der Waals surface area contributed by atoms with E-state index in [9.17, 15) is 8.42 Å². The van der Waals surface area contributed by atoms with Crippen molar-refractivity contribution < 1.29 is 8.42 Å². The van der Waals surface area contributed by atoms with Crippen LogP contribution in [0.5, 0.6) is 0 Å². The van der Waals surface area contributed by atoms with Gasteiger partial charge in [-0.25, -0.2) is 0 Å². The molecule has 2 fully saturated rings. The number of rotatable bonds is 3. The second-order valence-corrected chi connectivity index (χ2v) is 8.06. The van der Waals surface area contributed by atoms with Crippen LogP contribution in [0.2, 0.25) is 0 Å². The Morgan fingerprint density at radius 1 is 1.29 bits per heavy atom. The van der Waals surface area contributed by atoms with E-state index in [0.29, 0.717) is 25.6 Å². The quantitative estimate of drug-likeness (QED) is 0.850. The Kier molecular flexibility index (Phi) is 3.13. The maximum absolute atomic E-state index is 12.8. The topological polar surface area (TPSA) is 53.5 Å². The van der Waals surface area contributed by atoms with E-state index in [0.717, 1.165) is 24.0 Å². The molecule has 0 radical (unpaired) electrons. The van der Waals surface area contributed by atoms with E-state index < -0.39 is 10.2 Å². The first-order valence-electron chi connectivity index (χ1n) is 7.51. The number of aromatic nitrogens is 1. The lowest BCUT2D eigenvalue weighted by atomic mass is 10.1. The second kappa shape index (κ2) is 4.90. The Hall–Kier alpha value is -1.24. The van der Waals surface area contributed by atoms with Crippen molar-refractivity contribution in [2.24, 2.45) is 5.92 Å². The molecule has 1 aromatic rings. The lowest BCUT2D eigenvalue weighted by Crippen LogP contribution is -2.46. The van der Waals surface area contributed by atoms with Gasteiger partial charge in [0.2, 0.25) is 0 Å². The average Bonchev–Trinajstić information content (AvgIpc) is 3.24.